The van der Waals surface area contributed by atoms with Crippen LogP contribution in [0.2, 0.25) is 0 Å². The van der Waals surface area contributed by atoms with Crippen LogP contribution >= 0.6 is 0 Å². The molecule has 2 aromatic carbocycles. The number of nitrogens with one attached hydrogen (secondary N) is 1. The van der Waals surface area contributed by atoms with Gasteiger partial charge < -0.3 is 15.0 Å². The first-order valence-corrected chi connectivity index (χ1v) is 14.4. The number of para-hydroxylation sites is 1. The van der Waals surface area contributed by atoms with Gasteiger partial charge in [-0.3, -0.25) is 9.78 Å². The molecule has 6 heteroatoms. The molecule has 5 rings (SSSR count). The van der Waals surface area contributed by atoms with Crippen LogP contribution in [0.3, 0.4) is 0 Å². The van der Waals surface area contributed by atoms with E-state index in [1.54, 1.807) is 6.07 Å². The van der Waals surface area contributed by atoms with Crippen LogP contribution in [0.5, 0.6) is 0 Å². The van der Waals surface area contributed by atoms with E-state index in [0.717, 1.165) is 36.3 Å². The van der Waals surface area contributed by atoms with Gasteiger partial charge in [0.2, 0.25) is 0 Å². The molecule has 1 aromatic heterocycles. The van der Waals surface area contributed by atoms with Gasteiger partial charge in [0.1, 0.15) is 0 Å². The minimum atomic E-state index is -0.331. The Labute approximate surface area is 252 Å². The molecule has 0 aliphatic carbocycles. The van der Waals surface area contributed by atoms with Crippen LogP contribution < -0.4 is 10.2 Å². The molecular formula is C36H46N4O2. The van der Waals surface area contributed by atoms with Gasteiger partial charge in [0.05, 0.1) is 37.4 Å². The van der Waals surface area contributed by atoms with Gasteiger partial charge in [0.15, 0.2) is 0 Å². The number of nitrogens with zero attached hydrogens (tertiary/aromatic N) is 3. The Balaban J connectivity index is 0.000000543. The van der Waals surface area contributed by atoms with Crippen molar-refractivity contribution in [3.63, 3.8) is 0 Å². The Kier molecular flexibility index (Phi) is 14.8. The summed E-state index contributed by atoms with van der Waals surface area (Å²) in [4.78, 5) is 19.5. The van der Waals surface area contributed by atoms with Crippen LogP contribution in [0.25, 0.3) is 0 Å². The van der Waals surface area contributed by atoms with Gasteiger partial charge >= 0.3 is 0 Å². The van der Waals surface area contributed by atoms with Crippen molar-refractivity contribution in [3.05, 3.63) is 120 Å². The Morgan fingerprint density at radius 3 is 2.50 bits per heavy atom. The number of ether oxygens (including phenoxy) is 1. The van der Waals surface area contributed by atoms with E-state index in [4.69, 9.17) is 4.74 Å². The van der Waals surface area contributed by atoms with E-state index in [-0.39, 0.29) is 19.3 Å². The third-order valence-corrected chi connectivity index (χ3v) is 7.05. The Morgan fingerprint density at radius 1 is 1.14 bits per heavy atom. The molecule has 222 valence electrons. The largest absolute Gasteiger partial charge is 0.375 e. The molecule has 3 aromatic rings. The topological polar surface area (TPSA) is 78.2 Å². The number of rotatable bonds is 7. The fourth-order valence-electron chi connectivity index (χ4n) is 4.54. The van der Waals surface area contributed by atoms with Crippen molar-refractivity contribution in [3.8, 4) is 6.07 Å². The summed E-state index contributed by atoms with van der Waals surface area (Å²) in [6, 6.07) is 22.3. The van der Waals surface area contributed by atoms with E-state index in [1.165, 1.54) is 17.7 Å². The van der Waals surface area contributed by atoms with Crippen molar-refractivity contribution >= 4 is 11.6 Å². The monoisotopic (exact) mass is 566 g/mol. The van der Waals surface area contributed by atoms with Gasteiger partial charge in [-0.25, -0.2) is 0 Å². The van der Waals surface area contributed by atoms with Gasteiger partial charge in [-0.1, -0.05) is 63.3 Å². The minimum absolute atomic E-state index is 0. The summed E-state index contributed by atoms with van der Waals surface area (Å²) < 4.78 is 5.45. The summed E-state index contributed by atoms with van der Waals surface area (Å²) in [5, 5.41) is 12.3. The van der Waals surface area contributed by atoms with Gasteiger partial charge in [-0.2, -0.15) is 5.26 Å². The van der Waals surface area contributed by atoms with Gasteiger partial charge in [0, 0.05) is 36.5 Å². The summed E-state index contributed by atoms with van der Waals surface area (Å²) in [5.74, 6) is -0.0247. The first-order chi connectivity index (χ1) is 20.0. The van der Waals surface area contributed by atoms with Crippen molar-refractivity contribution in [2.24, 2.45) is 0 Å². The zero-order chi connectivity index (χ0) is 29.5. The molecule has 1 N–H and O–H groups in total. The second kappa shape index (κ2) is 18.3. The van der Waals surface area contributed by atoms with E-state index in [0.29, 0.717) is 31.2 Å². The molecule has 1 amide bonds. The number of hydrogen-bond donors (Lipinski definition) is 1. The van der Waals surface area contributed by atoms with E-state index in [1.807, 2.05) is 56.5 Å². The third-order valence-electron chi connectivity index (χ3n) is 7.05. The Bertz CT molecular complexity index is 1320. The molecule has 0 spiro atoms. The lowest BCUT2D eigenvalue weighted by atomic mass is 9.91. The van der Waals surface area contributed by atoms with E-state index >= 15 is 0 Å². The molecule has 6 nitrogen and oxygen atoms in total. The average molecular weight is 567 g/mol. The standard InChI is InChI=1S/C26H24N4O2.C5H10.C4H8.CH4/c27-12-21-17-32-16-20-7-6-19(11-25(20)21)26(31)29-13-23-10-18(8-9-28-23)22-14-30(15-22)24-4-2-1-3-5-24;1-3-5-4-2;1-3-4-2;/h1-11,21-22H,13-17H2,(H,29,31);3H,1,4-5H2,2H3;3-4H,1-2H3;1H4/b;;4-3-;. The van der Waals surface area contributed by atoms with Gasteiger partial charge in [0.25, 0.3) is 5.91 Å². The SMILES string of the molecule is C.C/C=C\C.C=CCCC.N#CC1COCc2ccc(C(=O)NCc3cc(C4CN(c5ccccc5)C4)ccn3)cc21. The highest BCUT2D eigenvalue weighted by atomic mass is 16.5. The minimum Gasteiger partial charge on any atom is -0.375 e. The lowest BCUT2D eigenvalue weighted by Gasteiger charge is -2.41. The highest BCUT2D eigenvalue weighted by Crippen LogP contribution is 2.31. The summed E-state index contributed by atoms with van der Waals surface area (Å²) in [7, 11) is 0. The number of fused-ring (bicyclic) bond motifs is 1. The molecule has 42 heavy (non-hydrogen) atoms. The number of allylic oxidation sites excluding steroid dienone is 3. The highest BCUT2D eigenvalue weighted by molar-refractivity contribution is 5.94. The maximum atomic E-state index is 12.7. The molecule has 1 unspecified atom stereocenters. The zero-order valence-corrected chi connectivity index (χ0v) is 24.6. The molecule has 0 saturated carbocycles. The predicted molar refractivity (Wildman–Crippen MR) is 174 cm³/mol. The first-order valence-electron chi connectivity index (χ1n) is 14.4. The summed E-state index contributed by atoms with van der Waals surface area (Å²) in [6.07, 6.45) is 10.1. The van der Waals surface area contributed by atoms with Crippen molar-refractivity contribution in [2.75, 3.05) is 24.6 Å². The smallest absolute Gasteiger partial charge is 0.251 e. The summed E-state index contributed by atoms with van der Waals surface area (Å²) in [5.41, 5.74) is 5.76. The van der Waals surface area contributed by atoms with Crippen molar-refractivity contribution in [2.45, 2.75) is 66.0 Å². The fourth-order valence-corrected chi connectivity index (χ4v) is 4.54. The highest BCUT2D eigenvalue weighted by Gasteiger charge is 2.28. The molecule has 0 bridgehead atoms. The second-order valence-corrected chi connectivity index (χ2v) is 10.1. The number of carbonyl (C=O) groups is 1. The van der Waals surface area contributed by atoms with Gasteiger partial charge in [-0.15, -0.1) is 6.58 Å². The number of pyridine rings is 1. The van der Waals surface area contributed by atoms with E-state index < -0.39 is 0 Å². The fraction of sp³-hybridized carbons (Fsp3) is 0.361. The lowest BCUT2D eigenvalue weighted by molar-refractivity contribution is 0.0945. The number of hydrogen-bond acceptors (Lipinski definition) is 5. The zero-order valence-electron chi connectivity index (χ0n) is 24.6. The molecule has 3 heterocycles. The molecular weight excluding hydrogens is 520 g/mol. The van der Waals surface area contributed by atoms with Crippen LogP contribution in [0, 0.1) is 11.3 Å². The van der Waals surface area contributed by atoms with E-state index in [9.17, 15) is 10.1 Å². The summed E-state index contributed by atoms with van der Waals surface area (Å²) >= 11 is 0. The molecule has 0 radical (unpaired) electrons. The lowest BCUT2D eigenvalue weighted by Crippen LogP contribution is -2.45. The van der Waals surface area contributed by atoms with Crippen molar-refractivity contribution in [1.29, 1.82) is 5.26 Å². The van der Waals surface area contributed by atoms with Crippen LogP contribution in [-0.2, 0) is 17.9 Å². The molecule has 1 saturated heterocycles. The van der Waals surface area contributed by atoms with Crippen molar-refractivity contribution < 1.29 is 9.53 Å². The molecule has 2 aliphatic rings. The van der Waals surface area contributed by atoms with E-state index in [2.05, 4.69) is 71.2 Å². The van der Waals surface area contributed by atoms with Gasteiger partial charge in [-0.05, 0) is 73.4 Å². The molecule has 1 atom stereocenters. The number of aromatic nitrogens is 1. The number of benzene rings is 2. The average Bonchev–Trinajstić information content (AvgIpc) is 3.00. The van der Waals surface area contributed by atoms with Crippen LogP contribution in [-0.4, -0.2) is 30.6 Å². The van der Waals surface area contributed by atoms with Crippen molar-refractivity contribution in [1.82, 2.24) is 10.3 Å². The Morgan fingerprint density at radius 2 is 1.88 bits per heavy atom. The number of amides is 1. The normalized spacial score (nSPS) is 15.3. The summed E-state index contributed by atoms with van der Waals surface area (Å²) in [6.45, 7) is 12.9. The first kappa shape index (κ1) is 34.0. The third kappa shape index (κ3) is 9.71. The number of unbranched alkanes of at least 4 members (excludes halogenated alkanes) is 1. The number of carbonyl (C=O) groups excluding carboxylic acids is 1. The maximum Gasteiger partial charge on any atom is 0.251 e. The number of anilines is 1. The number of nitriles is 1. The Hall–Kier alpha value is -4.21. The van der Waals surface area contributed by atoms with Crippen LogP contribution in [0.1, 0.15) is 85.6 Å². The van der Waals surface area contributed by atoms with Crippen LogP contribution in [0.4, 0.5) is 5.69 Å². The maximum absolute atomic E-state index is 12.7. The van der Waals surface area contributed by atoms with Crippen LogP contribution in [0.15, 0.2) is 91.7 Å². The second-order valence-electron chi connectivity index (χ2n) is 10.1. The predicted octanol–water partition coefficient (Wildman–Crippen LogP) is 7.94. The molecule has 2 aliphatic heterocycles. The molecule has 1 fully saturated rings. The quantitative estimate of drug-likeness (QED) is 0.294.